The van der Waals surface area contributed by atoms with Crippen LogP contribution in [0.15, 0.2) is 65.7 Å². The van der Waals surface area contributed by atoms with Crippen LogP contribution in [0.5, 0.6) is 0 Å². The van der Waals surface area contributed by atoms with Gasteiger partial charge in [-0.1, -0.05) is 17.7 Å². The molecule has 32 heavy (non-hydrogen) atoms. The second kappa shape index (κ2) is 8.67. The van der Waals surface area contributed by atoms with Crippen LogP contribution in [0.25, 0.3) is 16.7 Å². The fourth-order valence-electron chi connectivity index (χ4n) is 4.43. The molecule has 3 aromatic heterocycles. The van der Waals surface area contributed by atoms with Crippen molar-refractivity contribution in [3.63, 3.8) is 0 Å². The maximum Gasteiger partial charge on any atom is 0.276 e. The molecule has 164 valence electrons. The summed E-state index contributed by atoms with van der Waals surface area (Å²) in [6, 6.07) is 15.3. The first-order valence-electron chi connectivity index (χ1n) is 10.8. The monoisotopic (exact) mass is 449 g/mol. The number of carbonyl (C=O) groups is 1. The number of fused-ring (bicyclic) bond motifs is 3. The number of rotatable bonds is 5. The molecule has 0 saturated carbocycles. The number of aryl methyl sites for hydroxylation is 1. The molecule has 0 N–H and O–H groups in total. The van der Waals surface area contributed by atoms with Gasteiger partial charge in [0.05, 0.1) is 5.52 Å². The number of carbonyl (C=O) groups excluding carboxylic acids is 1. The van der Waals surface area contributed by atoms with Gasteiger partial charge in [-0.15, -0.1) is 0 Å². The average molecular weight is 450 g/mol. The van der Waals surface area contributed by atoms with Crippen LogP contribution in [-0.4, -0.2) is 50.9 Å². The Bertz CT molecular complexity index is 1340. The first kappa shape index (κ1) is 20.6. The molecule has 1 aliphatic rings. The summed E-state index contributed by atoms with van der Waals surface area (Å²) < 4.78 is 3.56. The lowest BCUT2D eigenvalue weighted by Crippen LogP contribution is -2.48. The maximum atomic E-state index is 13.0. The predicted molar refractivity (Wildman–Crippen MR) is 126 cm³/mol. The molecule has 1 amide bonds. The SMILES string of the molecule is O=C(CCCn1c(=O)c2cccn2c2cccnc21)N1CCN(c2cccc(Cl)c2)CC1. The molecular weight excluding hydrogens is 426 g/mol. The van der Waals surface area contributed by atoms with Gasteiger partial charge in [-0.3, -0.25) is 14.2 Å². The van der Waals surface area contributed by atoms with Gasteiger partial charge >= 0.3 is 0 Å². The standard InChI is InChI=1S/C24H24ClN5O2/c25-18-5-1-6-19(17-18)27-13-15-28(16-14-27)22(31)9-4-12-30-23-20(7-2-10-26-23)29-11-3-8-21(29)24(30)32/h1-3,5-8,10-11,17H,4,9,12-16H2. The van der Waals surface area contributed by atoms with E-state index in [9.17, 15) is 9.59 Å². The molecule has 1 fully saturated rings. The van der Waals surface area contributed by atoms with Crippen molar-refractivity contribution in [3.05, 3.63) is 76.3 Å². The Morgan fingerprint density at radius 2 is 1.81 bits per heavy atom. The Hall–Kier alpha value is -3.32. The molecule has 0 bridgehead atoms. The molecule has 0 unspecified atom stereocenters. The Morgan fingerprint density at radius 3 is 2.62 bits per heavy atom. The Kier molecular flexibility index (Phi) is 5.57. The van der Waals surface area contributed by atoms with E-state index in [1.54, 1.807) is 10.8 Å². The molecule has 0 spiro atoms. The van der Waals surface area contributed by atoms with Gasteiger partial charge in [0.15, 0.2) is 5.65 Å². The summed E-state index contributed by atoms with van der Waals surface area (Å²) in [7, 11) is 0. The van der Waals surface area contributed by atoms with Crippen molar-refractivity contribution in [1.29, 1.82) is 0 Å². The average Bonchev–Trinajstić information content (AvgIpc) is 3.32. The van der Waals surface area contributed by atoms with Crippen LogP contribution in [0.2, 0.25) is 5.02 Å². The molecule has 1 aliphatic heterocycles. The van der Waals surface area contributed by atoms with Crippen LogP contribution in [0, 0.1) is 0 Å². The van der Waals surface area contributed by atoms with Crippen LogP contribution in [0.4, 0.5) is 5.69 Å². The summed E-state index contributed by atoms with van der Waals surface area (Å²) in [6.07, 6.45) is 4.57. The summed E-state index contributed by atoms with van der Waals surface area (Å²) in [5.41, 5.74) is 3.15. The van der Waals surface area contributed by atoms with E-state index in [0.717, 1.165) is 29.3 Å². The third kappa shape index (κ3) is 3.84. The number of amides is 1. The molecule has 4 heterocycles. The minimum Gasteiger partial charge on any atom is -0.368 e. The predicted octanol–water partition coefficient (Wildman–Crippen LogP) is 3.43. The highest BCUT2D eigenvalue weighted by molar-refractivity contribution is 6.30. The summed E-state index contributed by atoms with van der Waals surface area (Å²) >= 11 is 6.10. The Morgan fingerprint density at radius 1 is 1.00 bits per heavy atom. The van der Waals surface area contributed by atoms with E-state index < -0.39 is 0 Å². The Balaban J connectivity index is 1.23. The van der Waals surface area contributed by atoms with Crippen molar-refractivity contribution in [1.82, 2.24) is 18.9 Å². The smallest absolute Gasteiger partial charge is 0.276 e. The van der Waals surface area contributed by atoms with Crippen molar-refractivity contribution in [3.8, 4) is 0 Å². The van der Waals surface area contributed by atoms with E-state index in [2.05, 4.69) is 9.88 Å². The number of hydrogen-bond acceptors (Lipinski definition) is 4. The summed E-state index contributed by atoms with van der Waals surface area (Å²) in [5.74, 6) is 0.129. The third-order valence-corrected chi connectivity index (χ3v) is 6.31. The normalized spacial score (nSPS) is 14.4. The van der Waals surface area contributed by atoms with Crippen LogP contribution < -0.4 is 10.5 Å². The largest absolute Gasteiger partial charge is 0.368 e. The van der Waals surface area contributed by atoms with E-state index in [1.165, 1.54) is 0 Å². The Labute approximate surface area is 190 Å². The molecule has 1 aromatic carbocycles. The number of benzene rings is 1. The van der Waals surface area contributed by atoms with Gasteiger partial charge in [-0.25, -0.2) is 4.98 Å². The highest BCUT2D eigenvalue weighted by Crippen LogP contribution is 2.21. The lowest BCUT2D eigenvalue weighted by molar-refractivity contribution is -0.131. The van der Waals surface area contributed by atoms with Crippen molar-refractivity contribution in [2.75, 3.05) is 31.1 Å². The number of aromatic nitrogens is 3. The molecule has 7 nitrogen and oxygen atoms in total. The van der Waals surface area contributed by atoms with Crippen LogP contribution in [-0.2, 0) is 11.3 Å². The number of hydrogen-bond donors (Lipinski definition) is 0. The fourth-order valence-corrected chi connectivity index (χ4v) is 4.61. The first-order valence-corrected chi connectivity index (χ1v) is 11.2. The maximum absolute atomic E-state index is 13.0. The van der Waals surface area contributed by atoms with E-state index in [4.69, 9.17) is 11.6 Å². The molecule has 5 rings (SSSR count). The molecule has 0 atom stereocenters. The molecule has 4 aromatic rings. The quantitative estimate of drug-likeness (QED) is 0.468. The van der Waals surface area contributed by atoms with Gasteiger partial charge in [0, 0.05) is 62.2 Å². The summed E-state index contributed by atoms with van der Waals surface area (Å²) in [4.78, 5) is 34.3. The highest BCUT2D eigenvalue weighted by Gasteiger charge is 2.21. The second-order valence-electron chi connectivity index (χ2n) is 8.02. The number of halogens is 1. The van der Waals surface area contributed by atoms with E-state index in [-0.39, 0.29) is 11.5 Å². The molecule has 0 aliphatic carbocycles. The van der Waals surface area contributed by atoms with E-state index in [1.807, 2.05) is 64.0 Å². The molecule has 0 radical (unpaired) electrons. The van der Waals surface area contributed by atoms with Crippen molar-refractivity contribution < 1.29 is 4.79 Å². The van der Waals surface area contributed by atoms with Crippen molar-refractivity contribution >= 4 is 39.9 Å². The summed E-state index contributed by atoms with van der Waals surface area (Å²) in [5, 5.41) is 0.719. The first-order chi connectivity index (χ1) is 15.6. The van der Waals surface area contributed by atoms with E-state index in [0.29, 0.717) is 43.6 Å². The zero-order valence-corrected chi connectivity index (χ0v) is 18.4. The number of nitrogens with zero attached hydrogens (tertiary/aromatic N) is 5. The van der Waals surface area contributed by atoms with Gasteiger partial charge in [0.2, 0.25) is 5.91 Å². The fraction of sp³-hybridized carbons (Fsp3) is 0.292. The highest BCUT2D eigenvalue weighted by atomic mass is 35.5. The molecule has 8 heteroatoms. The van der Waals surface area contributed by atoms with Gasteiger partial charge in [-0.05, 0) is 48.9 Å². The van der Waals surface area contributed by atoms with Gasteiger partial charge in [0.25, 0.3) is 5.56 Å². The molecular formula is C24H24ClN5O2. The topological polar surface area (TPSA) is 62.9 Å². The lowest BCUT2D eigenvalue weighted by atomic mass is 10.2. The van der Waals surface area contributed by atoms with E-state index >= 15 is 0 Å². The number of pyridine rings is 1. The third-order valence-electron chi connectivity index (χ3n) is 6.07. The van der Waals surface area contributed by atoms with Crippen molar-refractivity contribution in [2.45, 2.75) is 19.4 Å². The second-order valence-corrected chi connectivity index (χ2v) is 8.45. The van der Waals surface area contributed by atoms with Gasteiger partial charge in [0.1, 0.15) is 5.52 Å². The number of anilines is 1. The minimum atomic E-state index is -0.0798. The van der Waals surface area contributed by atoms with Crippen LogP contribution >= 0.6 is 11.6 Å². The lowest BCUT2D eigenvalue weighted by Gasteiger charge is -2.36. The minimum absolute atomic E-state index is 0.0798. The van der Waals surface area contributed by atoms with Crippen molar-refractivity contribution in [2.24, 2.45) is 0 Å². The zero-order valence-electron chi connectivity index (χ0n) is 17.7. The van der Waals surface area contributed by atoms with Gasteiger partial charge < -0.3 is 14.2 Å². The summed E-state index contributed by atoms with van der Waals surface area (Å²) in [6.45, 7) is 3.40. The van der Waals surface area contributed by atoms with Crippen LogP contribution in [0.3, 0.4) is 0 Å². The van der Waals surface area contributed by atoms with Gasteiger partial charge in [-0.2, -0.15) is 0 Å². The molecule has 1 saturated heterocycles. The zero-order chi connectivity index (χ0) is 22.1. The van der Waals surface area contributed by atoms with Crippen LogP contribution in [0.1, 0.15) is 12.8 Å². The number of piperazine rings is 1.